The van der Waals surface area contributed by atoms with E-state index in [1.165, 1.54) is 22.3 Å². The maximum Gasteiger partial charge on any atom is 0.285 e. The van der Waals surface area contributed by atoms with Gasteiger partial charge in [-0.2, -0.15) is 0 Å². The van der Waals surface area contributed by atoms with Gasteiger partial charge in [0.05, 0.1) is 6.04 Å². The standard InChI is InChI=1S/C13H15FN4OS/c1-8(9-6-4-5-7-10(9)14)18(3)12(19)11-16-17-13(15-2)20-11/h4-8H,1-3H3,(H,15,17). The van der Waals surface area contributed by atoms with Crippen LogP contribution in [0, 0.1) is 5.82 Å². The van der Waals surface area contributed by atoms with Gasteiger partial charge in [-0.15, -0.1) is 10.2 Å². The molecule has 1 aromatic heterocycles. The van der Waals surface area contributed by atoms with Crippen LogP contribution in [0.1, 0.15) is 28.3 Å². The predicted octanol–water partition coefficient (Wildman–Crippen LogP) is 2.55. The highest BCUT2D eigenvalue weighted by Gasteiger charge is 2.23. The van der Waals surface area contributed by atoms with Crippen molar-refractivity contribution in [2.45, 2.75) is 13.0 Å². The molecular formula is C13H15FN4OS. The van der Waals surface area contributed by atoms with Crippen LogP contribution in [0.25, 0.3) is 0 Å². The second-order valence-electron chi connectivity index (χ2n) is 4.28. The first-order valence-electron chi connectivity index (χ1n) is 6.07. The molecule has 0 fully saturated rings. The number of benzene rings is 1. The Morgan fingerprint density at radius 2 is 2.10 bits per heavy atom. The van der Waals surface area contributed by atoms with E-state index in [9.17, 15) is 9.18 Å². The number of nitrogens with one attached hydrogen (secondary N) is 1. The molecule has 1 heterocycles. The lowest BCUT2D eigenvalue weighted by Gasteiger charge is -2.24. The Morgan fingerprint density at radius 3 is 2.70 bits per heavy atom. The Kier molecular flexibility index (Phi) is 4.29. The second-order valence-corrected chi connectivity index (χ2v) is 5.25. The number of nitrogens with zero attached hydrogens (tertiary/aromatic N) is 3. The zero-order valence-corrected chi connectivity index (χ0v) is 12.2. The van der Waals surface area contributed by atoms with Crippen molar-refractivity contribution >= 4 is 22.4 Å². The van der Waals surface area contributed by atoms with Gasteiger partial charge in [0.25, 0.3) is 5.91 Å². The van der Waals surface area contributed by atoms with Crippen LogP contribution in [-0.4, -0.2) is 35.1 Å². The summed E-state index contributed by atoms with van der Waals surface area (Å²) in [6.45, 7) is 1.77. The molecule has 5 nitrogen and oxygen atoms in total. The first-order chi connectivity index (χ1) is 9.54. The summed E-state index contributed by atoms with van der Waals surface area (Å²) in [7, 11) is 3.33. The van der Waals surface area contributed by atoms with E-state index in [0.717, 1.165) is 0 Å². The van der Waals surface area contributed by atoms with Crippen LogP contribution < -0.4 is 5.32 Å². The van der Waals surface area contributed by atoms with Crippen molar-refractivity contribution in [2.75, 3.05) is 19.4 Å². The van der Waals surface area contributed by atoms with Gasteiger partial charge in [0, 0.05) is 19.7 Å². The third-order valence-corrected chi connectivity index (χ3v) is 4.01. The topological polar surface area (TPSA) is 58.1 Å². The molecule has 0 radical (unpaired) electrons. The van der Waals surface area contributed by atoms with Crippen molar-refractivity contribution < 1.29 is 9.18 Å². The Bertz CT molecular complexity index is 616. The molecule has 2 rings (SSSR count). The van der Waals surface area contributed by atoms with Crippen LogP contribution in [0.5, 0.6) is 0 Å². The molecule has 106 valence electrons. The molecule has 0 spiro atoms. The van der Waals surface area contributed by atoms with Gasteiger partial charge in [-0.3, -0.25) is 4.79 Å². The quantitative estimate of drug-likeness (QED) is 0.941. The number of hydrogen-bond donors (Lipinski definition) is 1. The number of anilines is 1. The lowest BCUT2D eigenvalue weighted by Crippen LogP contribution is -2.30. The molecule has 0 aliphatic heterocycles. The predicted molar refractivity (Wildman–Crippen MR) is 76.4 cm³/mol. The lowest BCUT2D eigenvalue weighted by atomic mass is 10.1. The monoisotopic (exact) mass is 294 g/mol. The fraction of sp³-hybridized carbons (Fsp3) is 0.308. The van der Waals surface area contributed by atoms with Crippen molar-refractivity contribution in [3.63, 3.8) is 0 Å². The first-order valence-corrected chi connectivity index (χ1v) is 6.89. The summed E-state index contributed by atoms with van der Waals surface area (Å²) in [5.74, 6) is -0.604. The Labute approximate surface area is 120 Å². The minimum absolute atomic E-state index is 0.278. The second kappa shape index (κ2) is 5.96. The third kappa shape index (κ3) is 2.77. The maximum atomic E-state index is 13.8. The summed E-state index contributed by atoms with van der Waals surface area (Å²) in [4.78, 5) is 13.7. The summed E-state index contributed by atoms with van der Waals surface area (Å²) in [5, 5.41) is 11.3. The molecule has 0 saturated heterocycles. The number of aromatic nitrogens is 2. The summed E-state index contributed by atoms with van der Waals surface area (Å²) < 4.78 is 13.8. The fourth-order valence-corrected chi connectivity index (χ4v) is 2.44. The number of halogens is 1. The molecule has 1 atom stereocenters. The van der Waals surface area contributed by atoms with E-state index in [0.29, 0.717) is 10.7 Å². The largest absolute Gasteiger partial charge is 0.363 e. The van der Waals surface area contributed by atoms with E-state index in [4.69, 9.17) is 0 Å². The third-order valence-electron chi connectivity index (χ3n) is 3.08. The molecule has 2 aromatic rings. The Balaban J connectivity index is 2.20. The smallest absolute Gasteiger partial charge is 0.285 e. The normalized spacial score (nSPS) is 12.0. The van der Waals surface area contributed by atoms with Crippen LogP contribution in [0.3, 0.4) is 0 Å². The van der Waals surface area contributed by atoms with Gasteiger partial charge in [-0.25, -0.2) is 4.39 Å². The summed E-state index contributed by atoms with van der Waals surface area (Å²) in [6, 6.07) is 6.04. The van der Waals surface area contributed by atoms with Crippen molar-refractivity contribution in [3.05, 3.63) is 40.7 Å². The van der Waals surface area contributed by atoms with Gasteiger partial charge in [-0.1, -0.05) is 29.5 Å². The van der Waals surface area contributed by atoms with E-state index in [1.54, 1.807) is 39.2 Å². The highest BCUT2D eigenvalue weighted by molar-refractivity contribution is 7.17. The molecule has 0 aliphatic carbocycles. The van der Waals surface area contributed by atoms with E-state index in [1.807, 2.05) is 0 Å². The van der Waals surface area contributed by atoms with E-state index in [2.05, 4.69) is 15.5 Å². The van der Waals surface area contributed by atoms with Crippen LogP contribution in [-0.2, 0) is 0 Å². The van der Waals surface area contributed by atoms with Gasteiger partial charge < -0.3 is 10.2 Å². The number of carbonyl (C=O) groups excluding carboxylic acids is 1. The zero-order valence-electron chi connectivity index (χ0n) is 11.4. The highest BCUT2D eigenvalue weighted by atomic mass is 32.1. The molecule has 20 heavy (non-hydrogen) atoms. The van der Waals surface area contributed by atoms with Crippen LogP contribution in [0.15, 0.2) is 24.3 Å². The molecule has 1 amide bonds. The van der Waals surface area contributed by atoms with E-state index < -0.39 is 0 Å². The average molecular weight is 294 g/mol. The van der Waals surface area contributed by atoms with Gasteiger partial charge in [0.15, 0.2) is 0 Å². The number of hydrogen-bond acceptors (Lipinski definition) is 5. The molecule has 0 aliphatic rings. The summed E-state index contributed by atoms with van der Waals surface area (Å²) in [6.07, 6.45) is 0. The molecule has 0 bridgehead atoms. The zero-order chi connectivity index (χ0) is 14.7. The van der Waals surface area contributed by atoms with E-state index >= 15 is 0 Å². The van der Waals surface area contributed by atoms with Crippen molar-refractivity contribution in [3.8, 4) is 0 Å². The minimum atomic E-state index is -0.384. The minimum Gasteiger partial charge on any atom is -0.363 e. The summed E-state index contributed by atoms with van der Waals surface area (Å²) >= 11 is 1.17. The molecule has 1 N–H and O–H groups in total. The maximum absolute atomic E-state index is 13.8. The Morgan fingerprint density at radius 1 is 1.40 bits per heavy atom. The average Bonchev–Trinajstić information content (AvgIpc) is 2.94. The Hall–Kier alpha value is -2.02. The van der Waals surface area contributed by atoms with Crippen LogP contribution in [0.2, 0.25) is 0 Å². The molecule has 0 saturated carbocycles. The van der Waals surface area contributed by atoms with Crippen molar-refractivity contribution in [2.24, 2.45) is 0 Å². The fourth-order valence-electron chi connectivity index (χ4n) is 1.76. The number of amides is 1. The van der Waals surface area contributed by atoms with E-state index in [-0.39, 0.29) is 22.8 Å². The van der Waals surface area contributed by atoms with Gasteiger partial charge in [0.1, 0.15) is 5.82 Å². The molecule has 7 heteroatoms. The van der Waals surface area contributed by atoms with Crippen molar-refractivity contribution in [1.82, 2.24) is 15.1 Å². The van der Waals surface area contributed by atoms with Crippen LogP contribution >= 0.6 is 11.3 Å². The highest BCUT2D eigenvalue weighted by Crippen LogP contribution is 2.24. The van der Waals surface area contributed by atoms with Crippen molar-refractivity contribution in [1.29, 1.82) is 0 Å². The van der Waals surface area contributed by atoms with Gasteiger partial charge in [0.2, 0.25) is 10.1 Å². The van der Waals surface area contributed by atoms with Gasteiger partial charge >= 0.3 is 0 Å². The number of rotatable bonds is 4. The van der Waals surface area contributed by atoms with Crippen LogP contribution in [0.4, 0.5) is 9.52 Å². The summed E-state index contributed by atoms with van der Waals surface area (Å²) in [5.41, 5.74) is 0.474. The lowest BCUT2D eigenvalue weighted by molar-refractivity contribution is 0.0739. The molecule has 1 unspecified atom stereocenters. The molecule has 1 aromatic carbocycles. The number of carbonyl (C=O) groups is 1. The first kappa shape index (κ1) is 14.4. The van der Waals surface area contributed by atoms with Gasteiger partial charge in [-0.05, 0) is 13.0 Å². The SMILES string of the molecule is CNc1nnc(C(=O)N(C)C(C)c2ccccc2F)s1. The molecular weight excluding hydrogens is 279 g/mol.